The maximum atomic E-state index is 10.6. The normalized spacial score (nSPS) is 12.4. The van der Waals surface area contributed by atoms with Gasteiger partial charge >= 0.3 is 5.97 Å². The van der Waals surface area contributed by atoms with Gasteiger partial charge in [0, 0.05) is 0 Å². The Kier molecular flexibility index (Phi) is 4.10. The molecule has 4 heteroatoms. The Morgan fingerprint density at radius 3 is 2.57 bits per heavy atom. The number of rotatable bonds is 5. The third-order valence-corrected chi connectivity index (χ3v) is 2.06. The van der Waals surface area contributed by atoms with Gasteiger partial charge in [-0.25, -0.2) is 5.43 Å². The minimum Gasteiger partial charge on any atom is -0.480 e. The van der Waals surface area contributed by atoms with Crippen LogP contribution < -0.4 is 11.3 Å². The van der Waals surface area contributed by atoms with E-state index in [4.69, 9.17) is 10.9 Å². The van der Waals surface area contributed by atoms with Gasteiger partial charge in [0.1, 0.15) is 6.04 Å². The number of carboxylic acids is 1. The molecule has 4 nitrogen and oxygen atoms in total. The zero-order valence-electron chi connectivity index (χ0n) is 7.81. The van der Waals surface area contributed by atoms with Gasteiger partial charge in [0.25, 0.3) is 0 Å². The fourth-order valence-electron chi connectivity index (χ4n) is 1.23. The van der Waals surface area contributed by atoms with Crippen molar-refractivity contribution in [3.63, 3.8) is 0 Å². The van der Waals surface area contributed by atoms with Crippen molar-refractivity contribution in [1.82, 2.24) is 5.43 Å². The van der Waals surface area contributed by atoms with Crippen molar-refractivity contribution < 1.29 is 9.90 Å². The van der Waals surface area contributed by atoms with Gasteiger partial charge in [0.05, 0.1) is 0 Å². The number of aliphatic carboxylic acids is 1. The Morgan fingerprint density at radius 2 is 2.07 bits per heavy atom. The van der Waals surface area contributed by atoms with Crippen molar-refractivity contribution in [3.8, 4) is 0 Å². The van der Waals surface area contributed by atoms with Crippen molar-refractivity contribution in [1.29, 1.82) is 0 Å². The van der Waals surface area contributed by atoms with Crippen molar-refractivity contribution >= 4 is 5.97 Å². The van der Waals surface area contributed by atoms with Crippen LogP contribution >= 0.6 is 0 Å². The largest absolute Gasteiger partial charge is 0.480 e. The molecule has 1 aromatic rings. The van der Waals surface area contributed by atoms with Crippen molar-refractivity contribution in [2.24, 2.45) is 5.84 Å². The van der Waals surface area contributed by atoms with E-state index < -0.39 is 12.0 Å². The molecule has 0 amide bonds. The average Bonchev–Trinajstić information content (AvgIpc) is 2.20. The fourth-order valence-corrected chi connectivity index (χ4v) is 1.23. The molecule has 0 unspecified atom stereocenters. The summed E-state index contributed by atoms with van der Waals surface area (Å²) in [7, 11) is 0. The molecule has 0 bridgehead atoms. The van der Waals surface area contributed by atoms with Gasteiger partial charge in [-0.1, -0.05) is 30.3 Å². The number of hydrazine groups is 1. The molecule has 0 aliphatic rings. The first-order chi connectivity index (χ1) is 6.74. The van der Waals surface area contributed by atoms with E-state index in [0.717, 1.165) is 5.56 Å². The second-order valence-electron chi connectivity index (χ2n) is 3.08. The van der Waals surface area contributed by atoms with Crippen LogP contribution in [0.15, 0.2) is 30.3 Å². The molecule has 4 N–H and O–H groups in total. The standard InChI is InChI=1S/C10H14N2O2/c11-12-9(10(13)14)7-6-8-4-2-1-3-5-8/h1-5,9,12H,6-7,11H2,(H,13,14)/t9-/m0/s1. The quantitative estimate of drug-likeness (QED) is 0.472. The maximum Gasteiger partial charge on any atom is 0.322 e. The van der Waals surface area contributed by atoms with E-state index in [2.05, 4.69) is 5.43 Å². The Morgan fingerprint density at radius 1 is 1.43 bits per heavy atom. The van der Waals surface area contributed by atoms with Crippen LogP contribution in [-0.2, 0) is 11.2 Å². The minimum absolute atomic E-state index is 0.496. The summed E-state index contributed by atoms with van der Waals surface area (Å²) < 4.78 is 0. The van der Waals surface area contributed by atoms with Crippen LogP contribution in [-0.4, -0.2) is 17.1 Å². The molecule has 0 saturated heterocycles. The first kappa shape index (κ1) is 10.7. The molecule has 1 aromatic carbocycles. The lowest BCUT2D eigenvalue weighted by Gasteiger charge is -2.10. The smallest absolute Gasteiger partial charge is 0.322 e. The van der Waals surface area contributed by atoms with E-state index in [1.54, 1.807) is 0 Å². The Hall–Kier alpha value is -1.39. The molecule has 0 saturated carbocycles. The summed E-state index contributed by atoms with van der Waals surface area (Å²) in [5.74, 6) is 4.19. The van der Waals surface area contributed by atoms with Gasteiger partial charge < -0.3 is 5.11 Å². The summed E-state index contributed by atoms with van der Waals surface area (Å²) >= 11 is 0. The van der Waals surface area contributed by atoms with Gasteiger partial charge in [-0.3, -0.25) is 10.6 Å². The van der Waals surface area contributed by atoms with Crippen LogP contribution in [0.1, 0.15) is 12.0 Å². The van der Waals surface area contributed by atoms with E-state index in [0.29, 0.717) is 12.8 Å². The molecule has 0 heterocycles. The molecule has 0 radical (unpaired) electrons. The third kappa shape index (κ3) is 3.16. The molecule has 0 aromatic heterocycles. The summed E-state index contributed by atoms with van der Waals surface area (Å²) in [6.45, 7) is 0. The van der Waals surface area contributed by atoms with Crippen molar-refractivity contribution in [2.75, 3.05) is 0 Å². The monoisotopic (exact) mass is 194 g/mol. The van der Waals surface area contributed by atoms with Gasteiger partial charge in [0.15, 0.2) is 0 Å². The topological polar surface area (TPSA) is 75.3 Å². The zero-order chi connectivity index (χ0) is 10.4. The molecule has 0 fully saturated rings. The van der Waals surface area contributed by atoms with Crippen LogP contribution in [0.4, 0.5) is 0 Å². The number of carbonyl (C=O) groups is 1. The molecule has 1 rings (SSSR count). The van der Waals surface area contributed by atoms with Crippen LogP contribution in [0, 0.1) is 0 Å². The van der Waals surface area contributed by atoms with Gasteiger partial charge in [0.2, 0.25) is 0 Å². The summed E-state index contributed by atoms with van der Waals surface area (Å²) in [4.78, 5) is 10.6. The van der Waals surface area contributed by atoms with Crippen LogP contribution in [0.2, 0.25) is 0 Å². The van der Waals surface area contributed by atoms with Crippen LogP contribution in [0.5, 0.6) is 0 Å². The van der Waals surface area contributed by atoms with E-state index >= 15 is 0 Å². The van der Waals surface area contributed by atoms with Crippen molar-refractivity contribution in [3.05, 3.63) is 35.9 Å². The maximum absolute atomic E-state index is 10.6. The Bertz CT molecular complexity index is 287. The van der Waals surface area contributed by atoms with Crippen molar-refractivity contribution in [2.45, 2.75) is 18.9 Å². The highest BCUT2D eigenvalue weighted by Crippen LogP contribution is 2.04. The second kappa shape index (κ2) is 5.36. The first-order valence-corrected chi connectivity index (χ1v) is 4.47. The Labute approximate surface area is 82.7 Å². The summed E-state index contributed by atoms with van der Waals surface area (Å²) in [5, 5.41) is 8.71. The van der Waals surface area contributed by atoms with Gasteiger partial charge in [-0.05, 0) is 18.4 Å². The van der Waals surface area contributed by atoms with E-state index in [1.165, 1.54) is 0 Å². The lowest BCUT2D eigenvalue weighted by atomic mass is 10.1. The molecule has 14 heavy (non-hydrogen) atoms. The van der Waals surface area contributed by atoms with Crippen LogP contribution in [0.25, 0.3) is 0 Å². The highest BCUT2D eigenvalue weighted by atomic mass is 16.4. The average molecular weight is 194 g/mol. The summed E-state index contributed by atoms with van der Waals surface area (Å²) in [5.41, 5.74) is 3.39. The predicted octanol–water partition coefficient (Wildman–Crippen LogP) is 0.536. The third-order valence-electron chi connectivity index (χ3n) is 2.06. The number of nitrogens with two attached hydrogens (primary N) is 1. The van der Waals surface area contributed by atoms with Crippen LogP contribution in [0.3, 0.4) is 0 Å². The van der Waals surface area contributed by atoms with E-state index in [1.807, 2.05) is 30.3 Å². The first-order valence-electron chi connectivity index (χ1n) is 4.47. The van der Waals surface area contributed by atoms with E-state index in [-0.39, 0.29) is 0 Å². The number of nitrogens with one attached hydrogen (secondary N) is 1. The van der Waals surface area contributed by atoms with E-state index in [9.17, 15) is 4.79 Å². The van der Waals surface area contributed by atoms with Gasteiger partial charge in [-0.2, -0.15) is 0 Å². The lowest BCUT2D eigenvalue weighted by molar-refractivity contribution is -0.139. The molecule has 0 spiro atoms. The molecule has 0 aliphatic carbocycles. The molecule has 0 aliphatic heterocycles. The highest BCUT2D eigenvalue weighted by molar-refractivity contribution is 5.73. The predicted molar refractivity (Wildman–Crippen MR) is 53.5 cm³/mol. The zero-order valence-corrected chi connectivity index (χ0v) is 7.81. The number of hydrogen-bond acceptors (Lipinski definition) is 3. The Balaban J connectivity index is 2.44. The molecular weight excluding hydrogens is 180 g/mol. The number of carboxylic acid groups (broad SMARTS) is 1. The fraction of sp³-hybridized carbons (Fsp3) is 0.300. The highest BCUT2D eigenvalue weighted by Gasteiger charge is 2.14. The number of benzene rings is 1. The SMILES string of the molecule is NN[C@@H](CCc1ccccc1)C(=O)O. The summed E-state index contributed by atoms with van der Waals surface area (Å²) in [6.07, 6.45) is 1.21. The molecule has 1 atom stereocenters. The number of hydrogen-bond donors (Lipinski definition) is 3. The molecule has 76 valence electrons. The summed E-state index contributed by atoms with van der Waals surface area (Å²) in [6, 6.07) is 9.06. The number of aryl methyl sites for hydroxylation is 1. The molecular formula is C10H14N2O2. The minimum atomic E-state index is -0.913. The lowest BCUT2D eigenvalue weighted by Crippen LogP contribution is -2.41. The second-order valence-corrected chi connectivity index (χ2v) is 3.08. The van der Waals surface area contributed by atoms with Gasteiger partial charge in [-0.15, -0.1) is 0 Å².